The van der Waals surface area contributed by atoms with Gasteiger partial charge in [-0.25, -0.2) is 9.78 Å². The molecule has 0 aromatic carbocycles. The molecule has 0 radical (unpaired) electrons. The van der Waals surface area contributed by atoms with Crippen LogP contribution in [0.4, 0.5) is 6.01 Å². The topological polar surface area (TPSA) is 92.4 Å². The number of nitrogens with zero attached hydrogens (tertiary/aromatic N) is 1. The molecule has 16 heavy (non-hydrogen) atoms. The molecule has 6 nitrogen and oxygen atoms in total. The van der Waals surface area contributed by atoms with Crippen LogP contribution in [0.3, 0.4) is 0 Å². The standard InChI is InChI=1S/C10H12N2O4/c13-8(6-3-1-2-4-6)12-10-11-5-7(16-10)9(14)15/h5-6H,1-4H2,(H,14,15)(H,11,12,13). The first-order chi connectivity index (χ1) is 7.66. The van der Waals surface area contributed by atoms with Gasteiger partial charge in [0.15, 0.2) is 0 Å². The number of carboxylic acid groups (broad SMARTS) is 1. The van der Waals surface area contributed by atoms with Gasteiger partial charge in [-0.15, -0.1) is 0 Å². The van der Waals surface area contributed by atoms with E-state index >= 15 is 0 Å². The molecule has 1 heterocycles. The molecule has 0 unspecified atom stereocenters. The van der Waals surface area contributed by atoms with E-state index in [1.54, 1.807) is 0 Å². The zero-order valence-electron chi connectivity index (χ0n) is 8.60. The fourth-order valence-corrected chi connectivity index (χ4v) is 1.83. The van der Waals surface area contributed by atoms with Gasteiger partial charge in [0.25, 0.3) is 0 Å². The summed E-state index contributed by atoms with van der Waals surface area (Å²) in [7, 11) is 0. The number of amides is 1. The quantitative estimate of drug-likeness (QED) is 0.811. The van der Waals surface area contributed by atoms with Crippen LogP contribution in [0.5, 0.6) is 0 Å². The van der Waals surface area contributed by atoms with Crippen LogP contribution in [0.2, 0.25) is 0 Å². The summed E-state index contributed by atoms with van der Waals surface area (Å²) < 4.78 is 4.83. The first-order valence-electron chi connectivity index (χ1n) is 5.17. The lowest BCUT2D eigenvalue weighted by Gasteiger charge is -2.06. The molecule has 2 N–H and O–H groups in total. The third kappa shape index (κ3) is 2.21. The van der Waals surface area contributed by atoms with Gasteiger partial charge < -0.3 is 9.52 Å². The number of nitrogens with one attached hydrogen (secondary N) is 1. The Balaban J connectivity index is 1.97. The maximum Gasteiger partial charge on any atom is 0.373 e. The summed E-state index contributed by atoms with van der Waals surface area (Å²) >= 11 is 0. The number of hydrogen-bond donors (Lipinski definition) is 2. The van der Waals surface area contributed by atoms with E-state index in [9.17, 15) is 9.59 Å². The van der Waals surface area contributed by atoms with Crippen LogP contribution >= 0.6 is 0 Å². The Morgan fingerprint density at radius 3 is 2.69 bits per heavy atom. The maximum atomic E-state index is 11.6. The predicted octanol–water partition coefficient (Wildman–Crippen LogP) is 1.50. The molecule has 1 aliphatic rings. The minimum Gasteiger partial charge on any atom is -0.475 e. The highest BCUT2D eigenvalue weighted by Gasteiger charge is 2.24. The SMILES string of the molecule is O=C(O)c1cnc(NC(=O)C2CCCC2)o1. The molecule has 1 amide bonds. The Kier molecular flexibility index (Phi) is 2.89. The maximum absolute atomic E-state index is 11.6. The third-order valence-electron chi connectivity index (χ3n) is 2.67. The number of aromatic nitrogens is 1. The number of oxazole rings is 1. The van der Waals surface area contributed by atoms with E-state index in [1.807, 2.05) is 0 Å². The van der Waals surface area contributed by atoms with Gasteiger partial charge in [0, 0.05) is 5.92 Å². The molecule has 1 aromatic rings. The number of carbonyl (C=O) groups is 2. The lowest BCUT2D eigenvalue weighted by Crippen LogP contribution is -2.20. The van der Waals surface area contributed by atoms with E-state index in [2.05, 4.69) is 10.3 Å². The summed E-state index contributed by atoms with van der Waals surface area (Å²) in [5.41, 5.74) is 0. The van der Waals surface area contributed by atoms with Crippen LogP contribution in [0.25, 0.3) is 0 Å². The molecule has 0 bridgehead atoms. The van der Waals surface area contributed by atoms with Gasteiger partial charge in [-0.1, -0.05) is 12.8 Å². The fourth-order valence-electron chi connectivity index (χ4n) is 1.83. The fraction of sp³-hybridized carbons (Fsp3) is 0.500. The minimum absolute atomic E-state index is 0.000165. The number of carboxylic acids is 1. The van der Waals surface area contributed by atoms with Gasteiger partial charge >= 0.3 is 12.0 Å². The van der Waals surface area contributed by atoms with Crippen molar-refractivity contribution in [2.45, 2.75) is 25.7 Å². The van der Waals surface area contributed by atoms with E-state index in [4.69, 9.17) is 9.52 Å². The van der Waals surface area contributed by atoms with Crippen molar-refractivity contribution >= 4 is 17.9 Å². The Hall–Kier alpha value is -1.85. The second-order valence-corrected chi connectivity index (χ2v) is 3.81. The molecule has 1 saturated carbocycles. The molecule has 0 aliphatic heterocycles. The van der Waals surface area contributed by atoms with Crippen LogP contribution in [0.15, 0.2) is 10.6 Å². The summed E-state index contributed by atoms with van der Waals surface area (Å²) in [5.74, 6) is -1.62. The molecule has 1 aromatic heterocycles. The smallest absolute Gasteiger partial charge is 0.373 e. The zero-order chi connectivity index (χ0) is 11.5. The highest BCUT2D eigenvalue weighted by atomic mass is 16.4. The van der Waals surface area contributed by atoms with Crippen molar-refractivity contribution in [2.24, 2.45) is 5.92 Å². The van der Waals surface area contributed by atoms with E-state index in [0.29, 0.717) is 0 Å². The Morgan fingerprint density at radius 2 is 2.12 bits per heavy atom. The number of rotatable bonds is 3. The molecular formula is C10H12N2O4. The molecular weight excluding hydrogens is 212 g/mol. The van der Waals surface area contributed by atoms with Gasteiger partial charge in [-0.2, -0.15) is 0 Å². The van der Waals surface area contributed by atoms with Crippen LogP contribution < -0.4 is 5.32 Å². The van der Waals surface area contributed by atoms with Gasteiger partial charge in [-0.3, -0.25) is 10.1 Å². The van der Waals surface area contributed by atoms with Crippen LogP contribution in [0.1, 0.15) is 36.2 Å². The summed E-state index contributed by atoms with van der Waals surface area (Å²) in [6, 6.07) is -0.0469. The first-order valence-corrected chi connectivity index (χ1v) is 5.17. The Morgan fingerprint density at radius 1 is 1.44 bits per heavy atom. The van der Waals surface area contributed by atoms with Crippen molar-refractivity contribution in [3.05, 3.63) is 12.0 Å². The van der Waals surface area contributed by atoms with E-state index in [1.165, 1.54) is 0 Å². The van der Waals surface area contributed by atoms with Gasteiger partial charge in [0.2, 0.25) is 11.7 Å². The van der Waals surface area contributed by atoms with Crippen molar-refractivity contribution in [1.82, 2.24) is 4.98 Å². The molecule has 1 aliphatic carbocycles. The van der Waals surface area contributed by atoms with Gasteiger partial charge in [0.05, 0.1) is 6.20 Å². The van der Waals surface area contributed by atoms with Crippen molar-refractivity contribution in [3.8, 4) is 0 Å². The van der Waals surface area contributed by atoms with Crippen molar-refractivity contribution in [3.63, 3.8) is 0 Å². The van der Waals surface area contributed by atoms with Crippen molar-refractivity contribution < 1.29 is 19.1 Å². The monoisotopic (exact) mass is 224 g/mol. The number of carbonyl (C=O) groups excluding carboxylic acids is 1. The number of hydrogen-bond acceptors (Lipinski definition) is 4. The van der Waals surface area contributed by atoms with Gasteiger partial charge in [-0.05, 0) is 12.8 Å². The Bertz CT molecular complexity index is 407. The molecule has 2 rings (SSSR count). The van der Waals surface area contributed by atoms with Crippen LogP contribution in [0, 0.1) is 5.92 Å². The summed E-state index contributed by atoms with van der Waals surface area (Å²) in [6.45, 7) is 0. The summed E-state index contributed by atoms with van der Waals surface area (Å²) in [4.78, 5) is 25.8. The second kappa shape index (κ2) is 4.34. The molecule has 0 saturated heterocycles. The average molecular weight is 224 g/mol. The lowest BCUT2D eigenvalue weighted by molar-refractivity contribution is -0.119. The van der Waals surface area contributed by atoms with Gasteiger partial charge in [0.1, 0.15) is 0 Å². The summed E-state index contributed by atoms with van der Waals surface area (Å²) in [5, 5.41) is 11.1. The minimum atomic E-state index is -1.20. The number of anilines is 1. The third-order valence-corrected chi connectivity index (χ3v) is 2.67. The lowest BCUT2D eigenvalue weighted by atomic mass is 10.1. The van der Waals surface area contributed by atoms with Crippen molar-refractivity contribution in [1.29, 1.82) is 0 Å². The number of aromatic carboxylic acids is 1. The molecule has 0 spiro atoms. The highest BCUT2D eigenvalue weighted by Crippen LogP contribution is 2.25. The molecule has 6 heteroatoms. The Labute approximate surface area is 91.7 Å². The normalized spacial score (nSPS) is 16.2. The largest absolute Gasteiger partial charge is 0.475 e. The predicted molar refractivity (Wildman–Crippen MR) is 54.1 cm³/mol. The molecule has 0 atom stereocenters. The van der Waals surface area contributed by atoms with Crippen molar-refractivity contribution in [2.75, 3.05) is 5.32 Å². The average Bonchev–Trinajstić information content (AvgIpc) is 2.87. The summed E-state index contributed by atoms with van der Waals surface area (Å²) in [6.07, 6.45) is 4.94. The molecule has 1 fully saturated rings. The highest BCUT2D eigenvalue weighted by molar-refractivity contribution is 5.91. The van der Waals surface area contributed by atoms with E-state index in [0.717, 1.165) is 31.9 Å². The van der Waals surface area contributed by atoms with Crippen LogP contribution in [-0.2, 0) is 4.79 Å². The van der Waals surface area contributed by atoms with Crippen LogP contribution in [-0.4, -0.2) is 22.0 Å². The zero-order valence-corrected chi connectivity index (χ0v) is 8.60. The van der Waals surface area contributed by atoms with E-state index in [-0.39, 0.29) is 23.6 Å². The molecule has 86 valence electrons. The second-order valence-electron chi connectivity index (χ2n) is 3.81. The first kappa shape index (κ1) is 10.7. The van der Waals surface area contributed by atoms with E-state index < -0.39 is 5.97 Å².